The Kier molecular flexibility index (Phi) is 7.62. The van der Waals surface area contributed by atoms with Gasteiger partial charge in [-0.2, -0.15) is 5.10 Å². The van der Waals surface area contributed by atoms with Gasteiger partial charge in [-0.15, -0.1) is 0 Å². The largest absolute Gasteiger partial charge is 0.284 e. The molecule has 2 aromatic rings. The van der Waals surface area contributed by atoms with Gasteiger partial charge in [-0.25, -0.2) is 5.01 Å². The van der Waals surface area contributed by atoms with E-state index < -0.39 is 0 Å². The summed E-state index contributed by atoms with van der Waals surface area (Å²) in [5.41, 5.74) is 5.29. The van der Waals surface area contributed by atoms with E-state index in [0.29, 0.717) is 26.5 Å². The van der Waals surface area contributed by atoms with E-state index in [0.717, 1.165) is 31.5 Å². The third kappa shape index (κ3) is 5.23. The lowest BCUT2D eigenvalue weighted by Gasteiger charge is -2.28. The van der Waals surface area contributed by atoms with Crippen LogP contribution in [0.4, 0.5) is 5.69 Å². The second-order valence-corrected chi connectivity index (χ2v) is 9.69. The first-order valence-corrected chi connectivity index (χ1v) is 12.2. The lowest BCUT2D eigenvalue weighted by molar-refractivity contribution is -0.119. The highest BCUT2D eigenvalue weighted by Crippen LogP contribution is 2.42. The molecule has 2 aliphatic heterocycles. The van der Waals surface area contributed by atoms with Crippen LogP contribution in [-0.4, -0.2) is 29.7 Å². The number of hydrazone groups is 1. The van der Waals surface area contributed by atoms with Gasteiger partial charge in [0.15, 0.2) is 0 Å². The van der Waals surface area contributed by atoms with Crippen molar-refractivity contribution in [2.24, 2.45) is 11.0 Å². The molecular formula is C24H27Cl3N4O. The summed E-state index contributed by atoms with van der Waals surface area (Å²) in [6, 6.07) is 12.7. The van der Waals surface area contributed by atoms with Gasteiger partial charge in [-0.3, -0.25) is 15.2 Å². The van der Waals surface area contributed by atoms with E-state index in [2.05, 4.69) is 5.43 Å². The van der Waals surface area contributed by atoms with Crippen LogP contribution in [0.1, 0.15) is 50.6 Å². The number of rotatable bonds is 4. The molecule has 0 saturated carbocycles. The van der Waals surface area contributed by atoms with E-state index >= 15 is 0 Å². The predicted molar refractivity (Wildman–Crippen MR) is 133 cm³/mol. The van der Waals surface area contributed by atoms with Crippen LogP contribution in [0.5, 0.6) is 0 Å². The Morgan fingerprint density at radius 3 is 2.22 bits per heavy atom. The third-order valence-electron chi connectivity index (χ3n) is 6.10. The molecule has 1 fully saturated rings. The number of hydrogen-bond acceptors (Lipinski definition) is 4. The third-order valence-corrected chi connectivity index (χ3v) is 6.89. The second kappa shape index (κ2) is 10.4. The van der Waals surface area contributed by atoms with Crippen molar-refractivity contribution in [1.82, 2.24) is 10.4 Å². The van der Waals surface area contributed by atoms with Crippen LogP contribution in [-0.2, 0) is 4.79 Å². The highest BCUT2D eigenvalue weighted by atomic mass is 35.5. The smallest absolute Gasteiger partial charge is 0.282 e. The summed E-state index contributed by atoms with van der Waals surface area (Å²) in [6.45, 7) is 3.75. The quantitative estimate of drug-likeness (QED) is 0.529. The van der Waals surface area contributed by atoms with Crippen LogP contribution in [0.3, 0.4) is 0 Å². The topological polar surface area (TPSA) is 47.9 Å². The van der Waals surface area contributed by atoms with Crippen molar-refractivity contribution in [2.45, 2.75) is 45.1 Å². The van der Waals surface area contributed by atoms with Crippen molar-refractivity contribution in [1.29, 1.82) is 0 Å². The van der Waals surface area contributed by atoms with E-state index in [1.165, 1.54) is 19.3 Å². The normalized spacial score (nSPS) is 22.2. The second-order valence-electron chi connectivity index (χ2n) is 8.41. The summed E-state index contributed by atoms with van der Waals surface area (Å²) >= 11 is 18.8. The molecule has 1 N–H and O–H groups in total. The number of hydrogen-bond donors (Lipinski definition) is 1. The maximum absolute atomic E-state index is 13.3. The van der Waals surface area contributed by atoms with Gasteiger partial charge in [0.05, 0.1) is 16.8 Å². The highest BCUT2D eigenvalue weighted by Gasteiger charge is 2.40. The molecule has 0 bridgehead atoms. The molecule has 170 valence electrons. The Balaban J connectivity index is 1.64. The Morgan fingerprint density at radius 2 is 1.56 bits per heavy atom. The van der Waals surface area contributed by atoms with Crippen molar-refractivity contribution < 1.29 is 4.79 Å². The average Bonchev–Trinajstić information content (AvgIpc) is 3.07. The van der Waals surface area contributed by atoms with Crippen LogP contribution >= 0.6 is 34.8 Å². The van der Waals surface area contributed by atoms with Crippen LogP contribution < -0.4 is 10.4 Å². The summed E-state index contributed by atoms with van der Waals surface area (Å²) in [6.07, 6.45) is 5.84. The minimum Gasteiger partial charge on any atom is -0.284 e. The molecular weight excluding hydrogens is 467 g/mol. The highest BCUT2D eigenvalue weighted by molar-refractivity contribution is 6.41. The minimum atomic E-state index is -0.195. The summed E-state index contributed by atoms with van der Waals surface area (Å²) in [5, 5.41) is 10.3. The molecule has 1 saturated heterocycles. The zero-order chi connectivity index (χ0) is 22.7. The van der Waals surface area contributed by atoms with Gasteiger partial charge < -0.3 is 0 Å². The molecule has 0 aromatic heterocycles. The van der Waals surface area contributed by atoms with E-state index in [1.807, 2.05) is 47.3 Å². The Labute approximate surface area is 204 Å². The lowest BCUT2D eigenvalue weighted by Crippen LogP contribution is -2.47. The van der Waals surface area contributed by atoms with Gasteiger partial charge in [0.25, 0.3) is 5.91 Å². The van der Waals surface area contributed by atoms with Gasteiger partial charge >= 0.3 is 0 Å². The molecule has 32 heavy (non-hydrogen) atoms. The maximum Gasteiger partial charge on any atom is 0.282 e. The predicted octanol–water partition coefficient (Wildman–Crippen LogP) is 6.50. The summed E-state index contributed by atoms with van der Waals surface area (Å²) < 4.78 is 0. The average molecular weight is 494 g/mol. The number of hydrazine groups is 1. The molecule has 0 radical (unpaired) electrons. The minimum absolute atomic E-state index is 0.155. The number of halogens is 3. The van der Waals surface area contributed by atoms with Gasteiger partial charge in [-0.05, 0) is 48.7 Å². The number of benzene rings is 2. The van der Waals surface area contributed by atoms with Crippen LogP contribution in [0.15, 0.2) is 47.6 Å². The maximum atomic E-state index is 13.3. The number of anilines is 1. The fraction of sp³-hybridized carbons (Fsp3) is 0.417. The molecule has 5 nitrogen and oxygen atoms in total. The van der Waals surface area contributed by atoms with Crippen LogP contribution in [0, 0.1) is 5.92 Å². The first-order valence-electron chi connectivity index (χ1n) is 11.1. The SMILES string of the molecule is C[C@@H]1C(C(=O)NN2CCCCCCC2)=NN(c2ccc(Cl)cc2Cl)[C@@H]1c1ccc(Cl)cc1. The van der Waals surface area contributed by atoms with Gasteiger partial charge in [0.2, 0.25) is 0 Å². The van der Waals surface area contributed by atoms with Crippen molar-refractivity contribution in [2.75, 3.05) is 18.1 Å². The molecule has 1 amide bonds. The first-order chi connectivity index (χ1) is 15.4. The molecule has 4 rings (SSSR count). The number of nitrogens with one attached hydrogen (secondary N) is 1. The summed E-state index contributed by atoms with van der Waals surface area (Å²) in [4.78, 5) is 13.3. The van der Waals surface area contributed by atoms with Crippen molar-refractivity contribution in [3.8, 4) is 0 Å². The number of nitrogens with zero attached hydrogens (tertiary/aromatic N) is 3. The Morgan fingerprint density at radius 1 is 0.938 bits per heavy atom. The van der Waals surface area contributed by atoms with Gasteiger partial charge in [-0.1, -0.05) is 73.1 Å². The van der Waals surface area contributed by atoms with Crippen LogP contribution in [0.25, 0.3) is 0 Å². The Bertz CT molecular complexity index is 987. The van der Waals surface area contributed by atoms with Gasteiger partial charge in [0, 0.05) is 29.1 Å². The van der Waals surface area contributed by atoms with E-state index in [9.17, 15) is 4.79 Å². The zero-order valence-electron chi connectivity index (χ0n) is 18.0. The fourth-order valence-electron chi connectivity index (χ4n) is 4.40. The molecule has 2 aliphatic rings. The Hall–Kier alpha value is -1.79. The van der Waals surface area contributed by atoms with Crippen molar-refractivity contribution >= 4 is 52.1 Å². The van der Waals surface area contributed by atoms with E-state index in [-0.39, 0.29) is 17.9 Å². The molecule has 0 unspecified atom stereocenters. The molecule has 8 heteroatoms. The molecule has 2 aromatic carbocycles. The number of carbonyl (C=O) groups excluding carboxylic acids is 1. The molecule has 2 atom stereocenters. The lowest BCUT2D eigenvalue weighted by atomic mass is 9.91. The standard InChI is InChI=1S/C24H27Cl3N4O/c1-16-22(24(32)29-30-13-5-3-2-4-6-14-30)28-31(21-12-11-19(26)15-20(21)27)23(16)17-7-9-18(25)10-8-17/h7-12,15-16,23H,2-6,13-14H2,1H3,(H,29,32)/t16-,23+/m1/s1. The summed E-state index contributed by atoms with van der Waals surface area (Å²) in [7, 11) is 0. The summed E-state index contributed by atoms with van der Waals surface area (Å²) in [5.74, 6) is -0.317. The van der Waals surface area contributed by atoms with E-state index in [1.54, 1.807) is 12.1 Å². The van der Waals surface area contributed by atoms with Crippen molar-refractivity contribution in [3.63, 3.8) is 0 Å². The van der Waals surface area contributed by atoms with E-state index in [4.69, 9.17) is 39.9 Å². The first kappa shape index (κ1) is 23.4. The monoisotopic (exact) mass is 492 g/mol. The fourth-order valence-corrected chi connectivity index (χ4v) is 5.02. The number of amides is 1. The van der Waals surface area contributed by atoms with Crippen LogP contribution in [0.2, 0.25) is 15.1 Å². The van der Waals surface area contributed by atoms with Crippen molar-refractivity contribution in [3.05, 3.63) is 63.1 Å². The zero-order valence-corrected chi connectivity index (χ0v) is 20.3. The number of carbonyl (C=O) groups is 1. The molecule has 2 heterocycles. The molecule has 0 aliphatic carbocycles. The van der Waals surface area contributed by atoms with Gasteiger partial charge in [0.1, 0.15) is 5.71 Å². The molecule has 0 spiro atoms.